The molecule has 0 bridgehead atoms. The normalized spacial score (nSPS) is 16.7. The van der Waals surface area contributed by atoms with Gasteiger partial charge in [-0.3, -0.25) is 24.4 Å². The van der Waals surface area contributed by atoms with Crippen LogP contribution in [0.1, 0.15) is 38.8 Å². The molecule has 4 atom stereocenters. The van der Waals surface area contributed by atoms with E-state index in [1.54, 1.807) is 0 Å². The lowest BCUT2D eigenvalue weighted by Gasteiger charge is -2.33. The second-order valence-electron chi connectivity index (χ2n) is 16.8. The first-order chi connectivity index (χ1) is 30.5. The van der Waals surface area contributed by atoms with Gasteiger partial charge in [0.05, 0.1) is 45.1 Å². The van der Waals surface area contributed by atoms with E-state index in [1.807, 2.05) is 113 Å². The number of nitrogens with zero attached hydrogens (tertiary/aromatic N) is 3. The minimum absolute atomic E-state index is 0.107. The van der Waals surface area contributed by atoms with Crippen LogP contribution in [0.25, 0.3) is 11.1 Å². The van der Waals surface area contributed by atoms with Crippen LogP contribution in [0.15, 0.2) is 84.9 Å². The first kappa shape index (κ1) is 48.9. The summed E-state index contributed by atoms with van der Waals surface area (Å²) in [6.45, 7) is 15.4. The van der Waals surface area contributed by atoms with Gasteiger partial charge in [0.25, 0.3) is 5.91 Å². The van der Waals surface area contributed by atoms with E-state index in [0.29, 0.717) is 52.6 Å². The molecule has 0 radical (unpaired) electrons. The summed E-state index contributed by atoms with van der Waals surface area (Å²) >= 11 is 0. The number of rotatable bonds is 22. The van der Waals surface area contributed by atoms with Crippen molar-refractivity contribution in [2.24, 2.45) is 11.8 Å². The molecule has 2 fully saturated rings. The largest absolute Gasteiger partial charge is 0.390 e. The number of hydrazine groups is 1. The second-order valence-corrected chi connectivity index (χ2v) is 16.8. The molecule has 344 valence electrons. The van der Waals surface area contributed by atoms with E-state index in [0.717, 1.165) is 48.4 Å². The number of benzene rings is 3. The van der Waals surface area contributed by atoms with Gasteiger partial charge < -0.3 is 41.2 Å². The van der Waals surface area contributed by atoms with Crippen LogP contribution in [0.3, 0.4) is 0 Å². The standard InChI is InChI=1S/C47H69N9O7/c1-34(2)42(52-46(60)48-19-21-54-23-27-62-28-24-54)44(58)51-40(31-36-13-7-5-8-14-36)41(57)32-50-56(33-38-17-11-12-18-39(38)37-15-9-6-10-16-37)45(59)43(35(3)4)53-47(61)49-20-22-55-25-29-63-30-26-55/h5-18,34-35,40-43,50,57H,19-33H2,1-4H3,(H,51,58)(H2,48,52,60)(H2,49,53,61)/t40-,41?,42-,43-/m0/s1. The minimum atomic E-state index is -1.20. The van der Waals surface area contributed by atoms with Gasteiger partial charge in [-0.05, 0) is 40.5 Å². The number of urea groups is 2. The molecule has 16 heteroatoms. The van der Waals surface area contributed by atoms with E-state index in [9.17, 15) is 24.3 Å². The van der Waals surface area contributed by atoms with Crippen molar-refractivity contribution in [3.63, 3.8) is 0 Å². The highest BCUT2D eigenvalue weighted by molar-refractivity contribution is 5.88. The quantitative estimate of drug-likeness (QED) is 0.0740. The summed E-state index contributed by atoms with van der Waals surface area (Å²) < 4.78 is 10.8. The van der Waals surface area contributed by atoms with E-state index < -0.39 is 48.1 Å². The lowest BCUT2D eigenvalue weighted by molar-refractivity contribution is -0.139. The zero-order valence-corrected chi connectivity index (χ0v) is 37.4. The molecule has 0 spiro atoms. The third kappa shape index (κ3) is 16.2. The molecular weight excluding hydrogens is 803 g/mol. The van der Waals surface area contributed by atoms with Crippen LogP contribution in [0, 0.1) is 11.8 Å². The van der Waals surface area contributed by atoms with Crippen LogP contribution in [0.2, 0.25) is 0 Å². The fourth-order valence-electron chi connectivity index (χ4n) is 7.61. The summed E-state index contributed by atoms with van der Waals surface area (Å²) in [5.41, 5.74) is 6.85. The van der Waals surface area contributed by atoms with Gasteiger partial charge in [-0.25, -0.2) is 15.0 Å². The Bertz CT molecular complexity index is 1840. The van der Waals surface area contributed by atoms with E-state index >= 15 is 0 Å². The van der Waals surface area contributed by atoms with Crippen molar-refractivity contribution in [2.75, 3.05) is 85.3 Å². The van der Waals surface area contributed by atoms with Crippen molar-refractivity contribution < 1.29 is 33.8 Å². The first-order valence-corrected chi connectivity index (χ1v) is 22.4. The Morgan fingerprint density at radius 3 is 1.73 bits per heavy atom. The molecule has 0 aliphatic carbocycles. The minimum Gasteiger partial charge on any atom is -0.390 e. The van der Waals surface area contributed by atoms with Crippen LogP contribution in [0.4, 0.5) is 9.59 Å². The van der Waals surface area contributed by atoms with Gasteiger partial charge in [-0.2, -0.15) is 0 Å². The lowest BCUT2D eigenvalue weighted by Crippen LogP contribution is -2.60. The van der Waals surface area contributed by atoms with Gasteiger partial charge >= 0.3 is 12.1 Å². The summed E-state index contributed by atoms with van der Waals surface area (Å²) in [4.78, 5) is 59.4. The molecule has 0 saturated carbocycles. The van der Waals surface area contributed by atoms with Crippen molar-refractivity contribution in [3.05, 3.63) is 96.1 Å². The maximum atomic E-state index is 14.7. The van der Waals surface area contributed by atoms with E-state index in [2.05, 4.69) is 41.8 Å². The number of aliphatic hydroxyl groups is 1. The van der Waals surface area contributed by atoms with Crippen LogP contribution < -0.4 is 32.0 Å². The Hall–Kier alpha value is -5.10. The summed E-state index contributed by atoms with van der Waals surface area (Å²) in [7, 11) is 0. The number of carbonyl (C=O) groups is 4. The Morgan fingerprint density at radius 2 is 1.17 bits per heavy atom. The fourth-order valence-corrected chi connectivity index (χ4v) is 7.61. The summed E-state index contributed by atoms with van der Waals surface area (Å²) in [6.07, 6.45) is -0.921. The first-order valence-electron chi connectivity index (χ1n) is 22.4. The Morgan fingerprint density at radius 1 is 0.667 bits per heavy atom. The predicted molar refractivity (Wildman–Crippen MR) is 243 cm³/mol. The van der Waals surface area contributed by atoms with Crippen molar-refractivity contribution in [3.8, 4) is 11.1 Å². The van der Waals surface area contributed by atoms with Gasteiger partial charge in [-0.1, -0.05) is 113 Å². The molecule has 7 N–H and O–H groups in total. The molecule has 3 aromatic rings. The monoisotopic (exact) mass is 872 g/mol. The van der Waals surface area contributed by atoms with Crippen LogP contribution in [0.5, 0.6) is 0 Å². The molecule has 5 rings (SSSR count). The van der Waals surface area contributed by atoms with Gasteiger partial charge in [0, 0.05) is 58.9 Å². The van der Waals surface area contributed by atoms with Crippen LogP contribution in [-0.4, -0.2) is 153 Å². The maximum Gasteiger partial charge on any atom is 0.315 e. The van der Waals surface area contributed by atoms with Crippen molar-refractivity contribution in [1.29, 1.82) is 0 Å². The average molecular weight is 872 g/mol. The molecule has 3 aromatic carbocycles. The molecule has 2 heterocycles. The lowest BCUT2D eigenvalue weighted by atomic mass is 9.98. The molecule has 0 aromatic heterocycles. The topological polar surface area (TPSA) is 189 Å². The number of hydrogen-bond donors (Lipinski definition) is 7. The number of aliphatic hydroxyl groups excluding tert-OH is 1. The zero-order chi connectivity index (χ0) is 45.0. The van der Waals surface area contributed by atoms with Crippen molar-refractivity contribution in [2.45, 2.75) is 64.9 Å². The van der Waals surface area contributed by atoms with Crippen molar-refractivity contribution in [1.82, 2.24) is 46.8 Å². The molecular formula is C47H69N9O7. The third-order valence-corrected chi connectivity index (χ3v) is 11.4. The Kier molecular flexibility index (Phi) is 20.1. The number of morpholine rings is 2. The SMILES string of the molecule is CC(C)[C@H](NC(=O)NCCN1CCOCC1)C(=O)N[C@@H](Cc1ccccc1)C(O)CNN(Cc1ccccc1-c1ccccc1)C(=O)[C@@H](NC(=O)NCCN1CCOCC1)C(C)C. The van der Waals surface area contributed by atoms with Crippen LogP contribution in [-0.2, 0) is 32.0 Å². The van der Waals surface area contributed by atoms with Crippen molar-refractivity contribution >= 4 is 23.9 Å². The van der Waals surface area contributed by atoms with Gasteiger partial charge in [-0.15, -0.1) is 0 Å². The Balaban J connectivity index is 1.31. The highest BCUT2D eigenvalue weighted by Gasteiger charge is 2.33. The van der Waals surface area contributed by atoms with Gasteiger partial charge in [0.15, 0.2) is 0 Å². The molecule has 2 aliphatic rings. The molecule has 2 aliphatic heterocycles. The molecule has 6 amide bonds. The van der Waals surface area contributed by atoms with Gasteiger partial charge in [0.2, 0.25) is 5.91 Å². The number of hydrogen-bond acceptors (Lipinski definition) is 10. The summed E-state index contributed by atoms with van der Waals surface area (Å²) in [5.74, 6) is -1.39. The highest BCUT2D eigenvalue weighted by Crippen LogP contribution is 2.25. The van der Waals surface area contributed by atoms with E-state index in [4.69, 9.17) is 9.47 Å². The highest BCUT2D eigenvalue weighted by atomic mass is 16.5. The molecule has 2 saturated heterocycles. The number of carbonyl (C=O) groups excluding carboxylic acids is 4. The van der Waals surface area contributed by atoms with Gasteiger partial charge in [0.1, 0.15) is 12.1 Å². The zero-order valence-electron chi connectivity index (χ0n) is 37.4. The maximum absolute atomic E-state index is 14.7. The molecule has 16 nitrogen and oxygen atoms in total. The van der Waals surface area contributed by atoms with E-state index in [-0.39, 0.29) is 31.3 Å². The average Bonchev–Trinajstić information content (AvgIpc) is 3.29. The predicted octanol–water partition coefficient (Wildman–Crippen LogP) is 2.59. The number of nitrogens with one attached hydrogen (secondary N) is 6. The molecule has 63 heavy (non-hydrogen) atoms. The fraction of sp³-hybridized carbons (Fsp3) is 0.532. The third-order valence-electron chi connectivity index (χ3n) is 11.4. The van der Waals surface area contributed by atoms with E-state index in [1.165, 1.54) is 5.01 Å². The number of amides is 6. The smallest absolute Gasteiger partial charge is 0.315 e. The summed E-state index contributed by atoms with van der Waals surface area (Å²) in [5, 5.41) is 28.0. The molecule has 1 unspecified atom stereocenters. The Labute approximate surface area is 372 Å². The number of ether oxygens (including phenoxy) is 2. The van der Waals surface area contributed by atoms with Crippen LogP contribution >= 0.6 is 0 Å². The second kappa shape index (κ2) is 25.9. The summed E-state index contributed by atoms with van der Waals surface area (Å²) in [6, 6.07) is 23.7.